The van der Waals surface area contributed by atoms with Crippen molar-refractivity contribution in [1.82, 2.24) is 15.1 Å². The minimum absolute atomic E-state index is 0.144. The summed E-state index contributed by atoms with van der Waals surface area (Å²) in [6.45, 7) is 0.694. The highest BCUT2D eigenvalue weighted by atomic mass is 16.6. The van der Waals surface area contributed by atoms with Crippen LogP contribution < -0.4 is 14.8 Å². The van der Waals surface area contributed by atoms with E-state index in [1.54, 1.807) is 0 Å². The quantitative estimate of drug-likeness (QED) is 0.882. The van der Waals surface area contributed by atoms with Crippen LogP contribution in [0.1, 0.15) is 61.5 Å². The number of amides is 1. The second-order valence-corrected chi connectivity index (χ2v) is 8.04. The fourth-order valence-corrected chi connectivity index (χ4v) is 4.73. The number of nitrogens with zero attached hydrogens (tertiary/aromatic N) is 2. The maximum absolute atomic E-state index is 12.7. The number of carbonyl (C=O) groups excluding carboxylic acids is 1. The maximum Gasteiger partial charge on any atom is 0.265 e. The molecule has 28 heavy (non-hydrogen) atoms. The monoisotopic (exact) mass is 381 g/mol. The summed E-state index contributed by atoms with van der Waals surface area (Å²) in [5.41, 5.74) is 3.81. The molecule has 2 aliphatic carbocycles. The number of benzene rings is 1. The van der Waals surface area contributed by atoms with Crippen LogP contribution in [0.5, 0.6) is 11.5 Å². The molecule has 1 atom stereocenters. The fraction of sp³-hybridized carbons (Fsp3) is 0.545. The Labute approximate surface area is 165 Å². The van der Waals surface area contributed by atoms with E-state index in [4.69, 9.17) is 14.6 Å². The number of nitrogens with one attached hydrogen (secondary N) is 1. The van der Waals surface area contributed by atoms with E-state index < -0.39 is 6.10 Å². The maximum atomic E-state index is 12.7. The Morgan fingerprint density at radius 2 is 1.89 bits per heavy atom. The predicted molar refractivity (Wildman–Crippen MR) is 105 cm³/mol. The number of rotatable bonds is 4. The van der Waals surface area contributed by atoms with E-state index in [1.807, 2.05) is 24.3 Å². The van der Waals surface area contributed by atoms with Crippen molar-refractivity contribution >= 4 is 5.91 Å². The Bertz CT molecular complexity index is 870. The molecule has 6 nitrogen and oxygen atoms in total. The Balaban J connectivity index is 1.28. The fourth-order valence-electron chi connectivity index (χ4n) is 4.73. The molecule has 0 radical (unpaired) electrons. The molecule has 5 rings (SSSR count). The van der Waals surface area contributed by atoms with Crippen LogP contribution in [0.4, 0.5) is 0 Å². The van der Waals surface area contributed by atoms with Crippen molar-refractivity contribution in [2.45, 2.75) is 70.1 Å². The van der Waals surface area contributed by atoms with Gasteiger partial charge in [0.1, 0.15) is 6.61 Å². The zero-order valence-corrected chi connectivity index (χ0v) is 16.2. The second kappa shape index (κ2) is 7.49. The van der Waals surface area contributed by atoms with Crippen LogP contribution in [0.15, 0.2) is 24.3 Å². The summed E-state index contributed by atoms with van der Waals surface area (Å²) in [5, 5.41) is 7.99. The molecule has 148 valence electrons. The van der Waals surface area contributed by atoms with Gasteiger partial charge in [-0.15, -0.1) is 0 Å². The molecule has 3 aliphatic rings. The molecule has 0 saturated heterocycles. The molecule has 0 unspecified atom stereocenters. The number of hydrogen-bond donors (Lipinski definition) is 1. The highest BCUT2D eigenvalue weighted by molar-refractivity contribution is 5.81. The SMILES string of the molecule is O=C(NCc1nn(C2CCCC2)c2c1CCCC2)[C@@H]1COc2ccccc2O1. The Kier molecular flexibility index (Phi) is 4.71. The van der Waals surface area contributed by atoms with E-state index >= 15 is 0 Å². The van der Waals surface area contributed by atoms with Gasteiger partial charge in [-0.3, -0.25) is 9.48 Å². The Morgan fingerprint density at radius 1 is 1.11 bits per heavy atom. The van der Waals surface area contributed by atoms with E-state index in [0.29, 0.717) is 24.1 Å². The number of aromatic nitrogens is 2. The minimum atomic E-state index is -0.623. The lowest BCUT2D eigenvalue weighted by Crippen LogP contribution is -2.43. The first-order chi connectivity index (χ1) is 13.8. The topological polar surface area (TPSA) is 65.4 Å². The summed E-state index contributed by atoms with van der Waals surface area (Å²) >= 11 is 0. The van der Waals surface area contributed by atoms with Crippen molar-refractivity contribution in [2.75, 3.05) is 6.61 Å². The number of ether oxygens (including phenoxy) is 2. The van der Waals surface area contributed by atoms with Gasteiger partial charge in [-0.05, 0) is 56.2 Å². The van der Waals surface area contributed by atoms with E-state index in [2.05, 4.69) is 10.00 Å². The summed E-state index contributed by atoms with van der Waals surface area (Å²) in [6, 6.07) is 8.00. The lowest BCUT2D eigenvalue weighted by Gasteiger charge is -2.25. The molecule has 6 heteroatoms. The van der Waals surface area contributed by atoms with Crippen molar-refractivity contribution in [1.29, 1.82) is 0 Å². The van der Waals surface area contributed by atoms with Gasteiger partial charge in [-0.1, -0.05) is 25.0 Å². The van der Waals surface area contributed by atoms with Gasteiger partial charge in [0.15, 0.2) is 11.5 Å². The van der Waals surface area contributed by atoms with Crippen LogP contribution in [0, 0.1) is 0 Å². The standard InChI is InChI=1S/C22H27N3O3/c26-22(21-14-27-19-11-5-6-12-20(19)28-21)23-13-17-16-9-3-4-10-18(16)25(24-17)15-7-1-2-8-15/h5-6,11-12,15,21H,1-4,7-10,13-14H2,(H,23,26)/t21-/m0/s1. The van der Waals surface area contributed by atoms with Gasteiger partial charge >= 0.3 is 0 Å². The Hall–Kier alpha value is -2.50. The van der Waals surface area contributed by atoms with Crippen molar-refractivity contribution in [2.24, 2.45) is 0 Å². The summed E-state index contributed by atoms with van der Waals surface area (Å²) in [6.07, 6.45) is 9.07. The van der Waals surface area contributed by atoms with Crippen LogP contribution in [0.3, 0.4) is 0 Å². The van der Waals surface area contributed by atoms with Crippen molar-refractivity contribution in [3.8, 4) is 11.5 Å². The molecule has 0 spiro atoms. The molecule has 1 aliphatic heterocycles. The van der Waals surface area contributed by atoms with Crippen LogP contribution in [-0.2, 0) is 24.2 Å². The van der Waals surface area contributed by atoms with Crippen LogP contribution in [0.2, 0.25) is 0 Å². The minimum Gasteiger partial charge on any atom is -0.485 e. The van der Waals surface area contributed by atoms with Gasteiger partial charge in [-0.2, -0.15) is 5.10 Å². The highest BCUT2D eigenvalue weighted by Crippen LogP contribution is 2.34. The average molecular weight is 381 g/mol. The van der Waals surface area contributed by atoms with Gasteiger partial charge in [0.05, 0.1) is 18.3 Å². The molecule has 1 fully saturated rings. The second-order valence-electron chi connectivity index (χ2n) is 8.04. The number of carbonyl (C=O) groups is 1. The molecular weight excluding hydrogens is 354 g/mol. The van der Waals surface area contributed by atoms with Crippen molar-refractivity contribution < 1.29 is 14.3 Å². The highest BCUT2D eigenvalue weighted by Gasteiger charge is 2.29. The molecule has 1 aromatic heterocycles. The van der Waals surface area contributed by atoms with Gasteiger partial charge in [-0.25, -0.2) is 0 Å². The zero-order chi connectivity index (χ0) is 18.9. The first-order valence-electron chi connectivity index (χ1n) is 10.5. The van der Waals surface area contributed by atoms with E-state index in [0.717, 1.165) is 18.5 Å². The first kappa shape index (κ1) is 17.6. The molecule has 1 amide bonds. The molecule has 2 heterocycles. The molecule has 2 aromatic rings. The molecular formula is C22H27N3O3. The Morgan fingerprint density at radius 3 is 2.75 bits per heavy atom. The third kappa shape index (κ3) is 3.25. The van der Waals surface area contributed by atoms with Crippen molar-refractivity contribution in [3.05, 3.63) is 41.2 Å². The molecule has 1 aromatic carbocycles. The van der Waals surface area contributed by atoms with E-state index in [-0.39, 0.29) is 12.5 Å². The van der Waals surface area contributed by atoms with E-state index in [1.165, 1.54) is 49.8 Å². The van der Waals surface area contributed by atoms with Crippen LogP contribution in [-0.4, -0.2) is 28.4 Å². The zero-order valence-electron chi connectivity index (χ0n) is 16.2. The molecule has 0 bridgehead atoms. The van der Waals surface area contributed by atoms with Crippen molar-refractivity contribution in [3.63, 3.8) is 0 Å². The molecule has 1 N–H and O–H groups in total. The summed E-state index contributed by atoms with van der Waals surface area (Å²) < 4.78 is 13.8. The van der Waals surface area contributed by atoms with E-state index in [9.17, 15) is 4.79 Å². The largest absolute Gasteiger partial charge is 0.485 e. The van der Waals surface area contributed by atoms with Crippen LogP contribution >= 0.6 is 0 Å². The normalized spacial score (nSPS) is 21.4. The predicted octanol–water partition coefficient (Wildman–Crippen LogP) is 3.33. The average Bonchev–Trinajstić information content (AvgIpc) is 3.39. The smallest absolute Gasteiger partial charge is 0.265 e. The molecule has 1 saturated carbocycles. The van der Waals surface area contributed by atoms with Gasteiger partial charge in [0.2, 0.25) is 6.10 Å². The number of fused-ring (bicyclic) bond motifs is 2. The van der Waals surface area contributed by atoms with Crippen LogP contribution in [0.25, 0.3) is 0 Å². The summed E-state index contributed by atoms with van der Waals surface area (Å²) in [7, 11) is 0. The summed E-state index contributed by atoms with van der Waals surface area (Å²) in [4.78, 5) is 12.7. The van der Waals surface area contributed by atoms with Gasteiger partial charge in [0, 0.05) is 5.69 Å². The number of para-hydroxylation sites is 2. The van der Waals surface area contributed by atoms with Gasteiger partial charge < -0.3 is 14.8 Å². The third-order valence-corrected chi connectivity index (χ3v) is 6.19. The van der Waals surface area contributed by atoms with Gasteiger partial charge in [0.25, 0.3) is 5.91 Å². The summed E-state index contributed by atoms with van der Waals surface area (Å²) in [5.74, 6) is 1.17. The first-order valence-corrected chi connectivity index (χ1v) is 10.5. The third-order valence-electron chi connectivity index (χ3n) is 6.19. The number of hydrogen-bond acceptors (Lipinski definition) is 4. The lowest BCUT2D eigenvalue weighted by atomic mass is 9.95. The lowest BCUT2D eigenvalue weighted by molar-refractivity contribution is -0.130.